The molecule has 6 rings (SSSR count). The summed E-state index contributed by atoms with van der Waals surface area (Å²) in [6.07, 6.45) is 5.94. The predicted octanol–water partition coefficient (Wildman–Crippen LogP) is 1.71. The van der Waals surface area contributed by atoms with E-state index in [9.17, 15) is 20.1 Å². The Bertz CT molecular complexity index is 809. The van der Waals surface area contributed by atoms with Gasteiger partial charge in [0, 0.05) is 17.4 Å². The Morgan fingerprint density at radius 1 is 1.10 bits per heavy atom. The summed E-state index contributed by atoms with van der Waals surface area (Å²) in [6.45, 7) is 4.56. The van der Waals surface area contributed by atoms with Crippen molar-refractivity contribution >= 4 is 5.97 Å². The summed E-state index contributed by atoms with van der Waals surface area (Å²) in [7, 11) is 0. The summed E-state index contributed by atoms with van der Waals surface area (Å²) in [5.41, 5.74) is -1.61. The Kier molecular flexibility index (Phi) is 3.53. The maximum atomic E-state index is 12.3. The molecule has 0 amide bonds. The van der Waals surface area contributed by atoms with Gasteiger partial charge in [-0.05, 0) is 67.8 Å². The zero-order valence-corrected chi connectivity index (χ0v) is 17.3. The van der Waals surface area contributed by atoms with Gasteiger partial charge in [-0.3, -0.25) is 0 Å². The summed E-state index contributed by atoms with van der Waals surface area (Å²) in [6, 6.07) is 0. The molecular formula is C23H32O6. The van der Waals surface area contributed by atoms with Crippen molar-refractivity contribution in [2.75, 3.05) is 6.61 Å². The average molecular weight is 405 g/mol. The van der Waals surface area contributed by atoms with Crippen molar-refractivity contribution in [1.29, 1.82) is 0 Å². The molecule has 3 N–H and O–H groups in total. The van der Waals surface area contributed by atoms with Gasteiger partial charge in [0.05, 0.1) is 18.3 Å². The quantitative estimate of drug-likeness (QED) is 0.455. The van der Waals surface area contributed by atoms with Crippen LogP contribution in [0.25, 0.3) is 0 Å². The van der Waals surface area contributed by atoms with E-state index in [1.165, 1.54) is 0 Å². The number of hydrogen-bond acceptors (Lipinski definition) is 6. The molecule has 2 aliphatic heterocycles. The molecule has 6 heteroatoms. The van der Waals surface area contributed by atoms with Crippen molar-refractivity contribution in [1.82, 2.24) is 0 Å². The number of ether oxygens (including phenoxy) is 2. The van der Waals surface area contributed by atoms with E-state index < -0.39 is 22.7 Å². The monoisotopic (exact) mass is 404 g/mol. The van der Waals surface area contributed by atoms with Crippen LogP contribution in [0.5, 0.6) is 0 Å². The van der Waals surface area contributed by atoms with E-state index in [2.05, 4.69) is 6.92 Å². The number of cyclic esters (lactones) is 1. The number of hydrogen-bond donors (Lipinski definition) is 3. The summed E-state index contributed by atoms with van der Waals surface area (Å²) in [4.78, 5) is 11.7. The molecule has 5 fully saturated rings. The van der Waals surface area contributed by atoms with Crippen LogP contribution < -0.4 is 0 Å². The van der Waals surface area contributed by atoms with Gasteiger partial charge in [-0.25, -0.2) is 4.79 Å². The third-order valence-electron chi connectivity index (χ3n) is 10.4. The average Bonchev–Trinajstić information content (AvgIpc) is 3.12. The van der Waals surface area contributed by atoms with Crippen molar-refractivity contribution < 1.29 is 29.6 Å². The SMILES string of the molecule is C[C@]12CC[C@H](O)C[C@@H]1C[C@@H]1O[C@]13[C@@H]2C[C@@H](O)[C@]1(C)[C@@H](C2=CC(=O)OC2)CC[C@@]13O. The highest BCUT2D eigenvalue weighted by Crippen LogP contribution is 2.77. The van der Waals surface area contributed by atoms with Gasteiger partial charge in [0.25, 0.3) is 0 Å². The number of aliphatic hydroxyl groups is 3. The van der Waals surface area contributed by atoms with Crippen molar-refractivity contribution in [3.63, 3.8) is 0 Å². The first-order chi connectivity index (χ1) is 13.7. The Labute approximate surface area is 171 Å². The lowest BCUT2D eigenvalue weighted by atomic mass is 9.42. The van der Waals surface area contributed by atoms with Crippen molar-refractivity contribution in [3.8, 4) is 0 Å². The largest absolute Gasteiger partial charge is 0.458 e. The molecule has 0 aromatic carbocycles. The number of fused-ring (bicyclic) bond motifs is 3. The van der Waals surface area contributed by atoms with E-state index in [-0.39, 0.29) is 42.0 Å². The molecule has 10 atom stereocenters. The fourth-order valence-electron chi connectivity index (χ4n) is 8.76. The molecule has 0 radical (unpaired) electrons. The minimum absolute atomic E-state index is 0.00175. The molecule has 160 valence electrons. The molecule has 6 nitrogen and oxygen atoms in total. The molecule has 0 bridgehead atoms. The molecule has 1 spiro atoms. The van der Waals surface area contributed by atoms with Crippen LogP contribution in [0.3, 0.4) is 0 Å². The van der Waals surface area contributed by atoms with E-state index in [0.717, 1.165) is 37.7 Å². The summed E-state index contributed by atoms with van der Waals surface area (Å²) < 4.78 is 11.6. The first-order valence-electron chi connectivity index (χ1n) is 11.3. The molecular weight excluding hydrogens is 372 g/mol. The second-order valence-electron chi connectivity index (χ2n) is 11.1. The lowest BCUT2D eigenvalue weighted by Gasteiger charge is -2.63. The van der Waals surface area contributed by atoms with Crippen molar-refractivity contribution in [2.24, 2.45) is 28.6 Å². The van der Waals surface area contributed by atoms with Gasteiger partial charge < -0.3 is 24.8 Å². The van der Waals surface area contributed by atoms with E-state index in [4.69, 9.17) is 9.47 Å². The molecule has 29 heavy (non-hydrogen) atoms. The van der Waals surface area contributed by atoms with Crippen molar-refractivity contribution in [3.05, 3.63) is 11.6 Å². The van der Waals surface area contributed by atoms with E-state index in [1.807, 2.05) is 6.92 Å². The van der Waals surface area contributed by atoms with Crippen LogP contribution >= 0.6 is 0 Å². The number of epoxide rings is 1. The molecule has 0 aromatic rings. The third kappa shape index (κ3) is 1.96. The zero-order valence-electron chi connectivity index (χ0n) is 17.3. The minimum atomic E-state index is -1.12. The Hall–Kier alpha value is -0.950. The normalized spacial score (nSPS) is 60.4. The van der Waals surface area contributed by atoms with Gasteiger partial charge in [0.15, 0.2) is 0 Å². The summed E-state index contributed by atoms with van der Waals surface area (Å²) in [5.74, 6) is 0.0638. The standard InChI is InChI=1S/C23H32O6/c1-20-5-3-14(24)8-13(20)9-18-23(29-18)16(20)10-17(25)21(2)15(4-6-22(21,23)27)12-7-19(26)28-11-12/h7,13-18,24-25,27H,3-6,8-11H2,1-2H3/t13-,14+,15-,16-,17-,18+,20+,21+,22-,23-/m1/s1. The molecule has 4 aliphatic carbocycles. The highest BCUT2D eigenvalue weighted by atomic mass is 16.6. The number of carbonyl (C=O) groups excluding carboxylic acids is 1. The lowest BCUT2D eigenvalue weighted by Crippen LogP contribution is -2.72. The fraction of sp³-hybridized carbons (Fsp3) is 0.870. The Morgan fingerprint density at radius 3 is 2.62 bits per heavy atom. The predicted molar refractivity (Wildman–Crippen MR) is 103 cm³/mol. The lowest BCUT2D eigenvalue weighted by molar-refractivity contribution is -0.241. The summed E-state index contributed by atoms with van der Waals surface area (Å²) in [5, 5.41) is 34.1. The highest BCUT2D eigenvalue weighted by Gasteiger charge is 2.86. The number of rotatable bonds is 1. The van der Waals surface area contributed by atoms with Gasteiger partial charge in [0.2, 0.25) is 0 Å². The van der Waals surface area contributed by atoms with Crippen LogP contribution in [0.1, 0.15) is 58.8 Å². The summed E-state index contributed by atoms with van der Waals surface area (Å²) >= 11 is 0. The van der Waals surface area contributed by atoms with Crippen LogP contribution in [0.15, 0.2) is 11.6 Å². The van der Waals surface area contributed by atoms with Crippen LogP contribution in [0.2, 0.25) is 0 Å². The molecule has 1 saturated heterocycles. The smallest absolute Gasteiger partial charge is 0.331 e. The molecule has 0 aromatic heterocycles. The third-order valence-corrected chi connectivity index (χ3v) is 10.4. The maximum absolute atomic E-state index is 12.3. The van der Waals surface area contributed by atoms with E-state index in [1.54, 1.807) is 6.08 Å². The van der Waals surface area contributed by atoms with Gasteiger partial charge in [-0.2, -0.15) is 0 Å². The molecule has 4 saturated carbocycles. The second kappa shape index (κ2) is 5.45. The fourth-order valence-corrected chi connectivity index (χ4v) is 8.76. The molecule has 0 unspecified atom stereocenters. The topological polar surface area (TPSA) is 99.5 Å². The highest BCUT2D eigenvalue weighted by molar-refractivity contribution is 5.85. The zero-order chi connectivity index (χ0) is 20.4. The van der Waals surface area contributed by atoms with Crippen LogP contribution in [-0.4, -0.2) is 57.4 Å². The van der Waals surface area contributed by atoms with Crippen molar-refractivity contribution in [2.45, 2.75) is 88.3 Å². The molecule has 2 heterocycles. The first kappa shape index (κ1) is 18.8. The Morgan fingerprint density at radius 2 is 1.90 bits per heavy atom. The van der Waals surface area contributed by atoms with E-state index >= 15 is 0 Å². The van der Waals surface area contributed by atoms with Gasteiger partial charge in [0.1, 0.15) is 17.8 Å². The number of aliphatic hydroxyl groups excluding tert-OH is 2. The van der Waals surface area contributed by atoms with Gasteiger partial charge in [-0.15, -0.1) is 0 Å². The van der Waals surface area contributed by atoms with Crippen LogP contribution in [-0.2, 0) is 14.3 Å². The van der Waals surface area contributed by atoms with Crippen LogP contribution in [0.4, 0.5) is 0 Å². The first-order valence-corrected chi connectivity index (χ1v) is 11.3. The van der Waals surface area contributed by atoms with Crippen LogP contribution in [0, 0.1) is 28.6 Å². The second-order valence-corrected chi connectivity index (χ2v) is 11.1. The van der Waals surface area contributed by atoms with Gasteiger partial charge >= 0.3 is 5.97 Å². The maximum Gasteiger partial charge on any atom is 0.331 e. The number of carbonyl (C=O) groups is 1. The minimum Gasteiger partial charge on any atom is -0.458 e. The molecule has 6 aliphatic rings. The Balaban J connectivity index is 1.43. The van der Waals surface area contributed by atoms with E-state index in [0.29, 0.717) is 18.8 Å². The van der Waals surface area contributed by atoms with Gasteiger partial charge in [-0.1, -0.05) is 13.8 Å². The number of esters is 1.